The van der Waals surface area contributed by atoms with Crippen LogP contribution in [0, 0.1) is 5.82 Å². The van der Waals surface area contributed by atoms with Gasteiger partial charge in [-0.25, -0.2) is 12.8 Å². The fourth-order valence-corrected chi connectivity index (χ4v) is 3.59. The Bertz CT molecular complexity index is 960. The van der Waals surface area contributed by atoms with Crippen LogP contribution in [0.25, 0.3) is 0 Å². The van der Waals surface area contributed by atoms with Gasteiger partial charge in [0, 0.05) is 5.69 Å². The van der Waals surface area contributed by atoms with Gasteiger partial charge in [-0.2, -0.15) is 17.9 Å². The van der Waals surface area contributed by atoms with Gasteiger partial charge in [-0.3, -0.25) is 4.79 Å². The number of anilines is 1. The van der Waals surface area contributed by atoms with Crippen molar-refractivity contribution in [3.63, 3.8) is 0 Å². The van der Waals surface area contributed by atoms with E-state index in [-0.39, 0.29) is 11.4 Å². The number of nitrogens with one attached hydrogen (secondary N) is 2. The average Bonchev–Trinajstić information content (AvgIpc) is 2.61. The molecule has 0 aliphatic rings. The second kappa shape index (κ2) is 8.15. The lowest BCUT2D eigenvalue weighted by molar-refractivity contribution is -0.137. The van der Waals surface area contributed by atoms with E-state index in [1.54, 1.807) is 0 Å². The third kappa shape index (κ3) is 5.20. The Balaban J connectivity index is 2.12. The molecule has 6 nitrogen and oxygen atoms in total. The van der Waals surface area contributed by atoms with E-state index in [0.29, 0.717) is 0 Å². The molecule has 2 aromatic rings. The third-order valence-electron chi connectivity index (χ3n) is 3.62. The average molecular weight is 420 g/mol. The number of ether oxygens (including phenoxy) is 1. The number of carbonyl (C=O) groups excluding carboxylic acids is 1. The molecule has 0 saturated carbocycles. The third-order valence-corrected chi connectivity index (χ3v) is 5.18. The number of sulfonamides is 1. The van der Waals surface area contributed by atoms with Crippen molar-refractivity contribution in [2.45, 2.75) is 24.0 Å². The minimum atomic E-state index is -4.52. The quantitative estimate of drug-likeness (QED) is 0.704. The number of hydrogen-bond acceptors (Lipinski definition) is 4. The number of halogens is 4. The highest BCUT2D eigenvalue weighted by Gasteiger charge is 2.30. The molecule has 0 fully saturated rings. The summed E-state index contributed by atoms with van der Waals surface area (Å²) in [4.78, 5) is 11.7. The van der Waals surface area contributed by atoms with Gasteiger partial charge in [-0.1, -0.05) is 0 Å². The van der Waals surface area contributed by atoms with E-state index in [9.17, 15) is 30.8 Å². The maximum absolute atomic E-state index is 13.4. The van der Waals surface area contributed by atoms with Crippen LogP contribution in [0.5, 0.6) is 5.75 Å². The highest BCUT2D eigenvalue weighted by Crippen LogP contribution is 2.30. The van der Waals surface area contributed by atoms with Gasteiger partial charge in [0.05, 0.1) is 18.7 Å². The highest BCUT2D eigenvalue weighted by molar-refractivity contribution is 7.89. The molecule has 0 aliphatic heterocycles. The summed E-state index contributed by atoms with van der Waals surface area (Å²) in [7, 11) is -3.11. The SMILES string of the molecule is COc1ccc(F)cc1S(=O)(=O)NC(C)C(=O)Nc1ccc(C(F)(F)F)cc1. The molecule has 0 saturated heterocycles. The summed E-state index contributed by atoms with van der Waals surface area (Å²) >= 11 is 0. The summed E-state index contributed by atoms with van der Waals surface area (Å²) in [6.07, 6.45) is -4.52. The first-order chi connectivity index (χ1) is 12.9. The molecule has 0 aliphatic carbocycles. The number of methoxy groups -OCH3 is 1. The monoisotopic (exact) mass is 420 g/mol. The van der Waals surface area contributed by atoms with Gasteiger partial charge in [0.2, 0.25) is 15.9 Å². The van der Waals surface area contributed by atoms with Crippen molar-refractivity contribution in [3.8, 4) is 5.75 Å². The highest BCUT2D eigenvalue weighted by atomic mass is 32.2. The van der Waals surface area contributed by atoms with Crippen molar-refractivity contribution >= 4 is 21.6 Å². The molecular formula is C17H16F4N2O4S. The lowest BCUT2D eigenvalue weighted by Crippen LogP contribution is -2.41. The fraction of sp³-hybridized carbons (Fsp3) is 0.235. The molecule has 0 spiro atoms. The molecule has 28 heavy (non-hydrogen) atoms. The smallest absolute Gasteiger partial charge is 0.416 e. The number of rotatable bonds is 6. The lowest BCUT2D eigenvalue weighted by Gasteiger charge is -2.16. The first-order valence-corrected chi connectivity index (χ1v) is 9.26. The summed E-state index contributed by atoms with van der Waals surface area (Å²) < 4.78 is 82.8. The maximum Gasteiger partial charge on any atom is 0.416 e. The summed E-state index contributed by atoms with van der Waals surface area (Å²) in [6.45, 7) is 1.22. The Morgan fingerprint density at radius 3 is 2.25 bits per heavy atom. The summed E-state index contributed by atoms with van der Waals surface area (Å²) in [5.41, 5.74) is -0.843. The van der Waals surface area contributed by atoms with E-state index < -0.39 is 44.4 Å². The molecule has 1 amide bonds. The molecule has 152 valence electrons. The van der Waals surface area contributed by atoms with Crippen LogP contribution in [0.3, 0.4) is 0 Å². The maximum atomic E-state index is 13.4. The topological polar surface area (TPSA) is 84.5 Å². The van der Waals surface area contributed by atoms with Crippen LogP contribution in [-0.4, -0.2) is 27.5 Å². The zero-order valence-corrected chi connectivity index (χ0v) is 15.5. The fourth-order valence-electron chi connectivity index (χ4n) is 2.20. The molecule has 2 rings (SSSR count). The zero-order valence-electron chi connectivity index (χ0n) is 14.7. The Labute approximate surface area is 158 Å². The van der Waals surface area contributed by atoms with Gasteiger partial charge in [-0.05, 0) is 49.4 Å². The number of hydrogen-bond donors (Lipinski definition) is 2. The molecule has 1 unspecified atom stereocenters. The van der Waals surface area contributed by atoms with E-state index in [1.807, 2.05) is 0 Å². The van der Waals surface area contributed by atoms with Gasteiger partial charge in [0.25, 0.3) is 0 Å². The Morgan fingerprint density at radius 1 is 1.11 bits per heavy atom. The predicted octanol–water partition coefficient (Wildman–Crippen LogP) is 3.16. The van der Waals surface area contributed by atoms with Crippen LogP contribution < -0.4 is 14.8 Å². The minimum absolute atomic E-state index is 0.0485. The molecule has 2 N–H and O–H groups in total. The lowest BCUT2D eigenvalue weighted by atomic mass is 10.2. The van der Waals surface area contributed by atoms with Crippen LogP contribution in [0.15, 0.2) is 47.4 Å². The van der Waals surface area contributed by atoms with E-state index in [1.165, 1.54) is 14.0 Å². The van der Waals surface area contributed by atoms with Crippen LogP contribution in [0.4, 0.5) is 23.2 Å². The number of benzene rings is 2. The van der Waals surface area contributed by atoms with Gasteiger partial charge >= 0.3 is 6.18 Å². The Kier molecular flexibility index (Phi) is 6.30. The number of alkyl halides is 3. The second-order valence-corrected chi connectivity index (χ2v) is 7.38. The van der Waals surface area contributed by atoms with Crippen molar-refractivity contribution in [1.82, 2.24) is 4.72 Å². The van der Waals surface area contributed by atoms with Crippen molar-refractivity contribution in [2.75, 3.05) is 12.4 Å². The van der Waals surface area contributed by atoms with Gasteiger partial charge in [0.1, 0.15) is 16.5 Å². The van der Waals surface area contributed by atoms with E-state index in [2.05, 4.69) is 10.0 Å². The van der Waals surface area contributed by atoms with Crippen LogP contribution >= 0.6 is 0 Å². The summed E-state index contributed by atoms with van der Waals surface area (Å²) in [5, 5.41) is 2.30. The second-order valence-electron chi connectivity index (χ2n) is 5.70. The molecule has 0 aromatic heterocycles. The molecule has 0 radical (unpaired) electrons. The Morgan fingerprint density at radius 2 is 1.71 bits per heavy atom. The predicted molar refractivity (Wildman–Crippen MR) is 92.8 cm³/mol. The molecule has 11 heteroatoms. The normalized spacial score (nSPS) is 13.1. The zero-order chi connectivity index (χ0) is 21.1. The van der Waals surface area contributed by atoms with Gasteiger partial charge in [0.15, 0.2) is 0 Å². The van der Waals surface area contributed by atoms with E-state index >= 15 is 0 Å². The van der Waals surface area contributed by atoms with E-state index in [4.69, 9.17) is 4.74 Å². The van der Waals surface area contributed by atoms with Crippen molar-refractivity contribution < 1.29 is 35.5 Å². The minimum Gasteiger partial charge on any atom is -0.495 e. The van der Waals surface area contributed by atoms with Crippen molar-refractivity contribution in [1.29, 1.82) is 0 Å². The molecular weight excluding hydrogens is 404 g/mol. The number of carbonyl (C=O) groups is 1. The largest absolute Gasteiger partial charge is 0.495 e. The summed E-state index contributed by atoms with van der Waals surface area (Å²) in [6, 6.07) is 5.20. The first kappa shape index (κ1) is 21.6. The van der Waals surface area contributed by atoms with Crippen LogP contribution in [0.1, 0.15) is 12.5 Å². The molecule has 1 atom stereocenters. The molecule has 0 heterocycles. The van der Waals surface area contributed by atoms with Crippen molar-refractivity contribution in [3.05, 3.63) is 53.8 Å². The summed E-state index contributed by atoms with van der Waals surface area (Å²) in [5.74, 6) is -1.76. The Hall–Kier alpha value is -2.66. The standard InChI is InChI=1S/C17H16F4N2O4S/c1-10(16(24)22-13-6-3-11(4-7-13)17(19,20)21)23-28(25,26)15-9-12(18)5-8-14(15)27-2/h3-10,23H,1-2H3,(H,22,24). The van der Waals surface area contributed by atoms with Gasteiger partial charge in [-0.15, -0.1) is 0 Å². The number of amides is 1. The van der Waals surface area contributed by atoms with Crippen molar-refractivity contribution in [2.24, 2.45) is 0 Å². The molecule has 0 bridgehead atoms. The first-order valence-electron chi connectivity index (χ1n) is 7.78. The van der Waals surface area contributed by atoms with Crippen LogP contribution in [-0.2, 0) is 21.0 Å². The van der Waals surface area contributed by atoms with Gasteiger partial charge < -0.3 is 10.1 Å². The van der Waals surface area contributed by atoms with E-state index in [0.717, 1.165) is 42.5 Å². The molecule has 2 aromatic carbocycles. The van der Waals surface area contributed by atoms with Crippen LogP contribution in [0.2, 0.25) is 0 Å².